The van der Waals surface area contributed by atoms with Crippen molar-refractivity contribution in [3.8, 4) is 5.75 Å². The van der Waals surface area contributed by atoms with Crippen LogP contribution in [0.1, 0.15) is 36.9 Å². The number of nitrogens with zero attached hydrogens (tertiary/aromatic N) is 2. The zero-order valence-electron chi connectivity index (χ0n) is 15.5. The number of hydrogen-bond donors (Lipinski definition) is 3. The molecule has 1 aromatic carbocycles. The minimum Gasteiger partial charge on any atom is -0.497 e. The average Bonchev–Trinajstić information content (AvgIpc) is 2.64. The lowest BCUT2D eigenvalue weighted by Gasteiger charge is -2.26. The summed E-state index contributed by atoms with van der Waals surface area (Å²) in [5.74, 6) is 2.38. The number of hydrogen-bond acceptors (Lipinski definition) is 6. The second-order valence-corrected chi connectivity index (χ2v) is 6.89. The molecule has 0 bridgehead atoms. The van der Waals surface area contributed by atoms with Gasteiger partial charge in [0.2, 0.25) is 5.95 Å². The Kier molecular flexibility index (Phi) is 6.28. The third kappa shape index (κ3) is 5.33. The topological polar surface area (TPSA) is 79.3 Å². The number of anilines is 2. The van der Waals surface area contributed by atoms with Crippen LogP contribution < -0.4 is 15.4 Å². The van der Waals surface area contributed by atoms with E-state index in [4.69, 9.17) is 4.74 Å². The zero-order chi connectivity index (χ0) is 18.4. The van der Waals surface area contributed by atoms with Gasteiger partial charge in [0.1, 0.15) is 11.6 Å². The fourth-order valence-corrected chi connectivity index (χ4v) is 3.25. The number of rotatable bonds is 7. The monoisotopic (exact) mass is 356 g/mol. The van der Waals surface area contributed by atoms with Crippen LogP contribution in [0.5, 0.6) is 5.75 Å². The van der Waals surface area contributed by atoms with Gasteiger partial charge in [-0.25, -0.2) is 4.98 Å². The zero-order valence-corrected chi connectivity index (χ0v) is 15.5. The molecule has 0 amide bonds. The first-order chi connectivity index (χ1) is 12.6. The van der Waals surface area contributed by atoms with E-state index in [9.17, 15) is 5.11 Å². The smallest absolute Gasteiger partial charge is 0.225 e. The molecule has 0 atom stereocenters. The Labute approximate surface area is 155 Å². The molecule has 3 rings (SSSR count). The van der Waals surface area contributed by atoms with Crippen LogP contribution in [0.15, 0.2) is 30.3 Å². The van der Waals surface area contributed by atoms with Gasteiger partial charge in [-0.05, 0) is 56.7 Å². The number of ether oxygens (including phenoxy) is 1. The van der Waals surface area contributed by atoms with Crippen molar-refractivity contribution in [1.29, 1.82) is 0 Å². The third-order valence-corrected chi connectivity index (χ3v) is 4.76. The van der Waals surface area contributed by atoms with Gasteiger partial charge in [0.15, 0.2) is 0 Å². The van der Waals surface area contributed by atoms with Crippen molar-refractivity contribution in [3.05, 3.63) is 41.6 Å². The lowest BCUT2D eigenvalue weighted by atomic mass is 9.93. The molecule has 3 N–H and O–H groups in total. The molecule has 0 unspecified atom stereocenters. The maximum absolute atomic E-state index is 9.63. The largest absolute Gasteiger partial charge is 0.497 e. The molecule has 6 heteroatoms. The minimum absolute atomic E-state index is 0.151. The summed E-state index contributed by atoms with van der Waals surface area (Å²) < 4.78 is 5.18. The third-order valence-electron chi connectivity index (χ3n) is 4.76. The van der Waals surface area contributed by atoms with Crippen LogP contribution in [0.4, 0.5) is 11.8 Å². The van der Waals surface area contributed by atoms with Gasteiger partial charge in [0.05, 0.1) is 13.2 Å². The predicted molar refractivity (Wildman–Crippen MR) is 104 cm³/mol. The van der Waals surface area contributed by atoms with E-state index in [-0.39, 0.29) is 6.10 Å². The molecule has 0 radical (unpaired) electrons. The Morgan fingerprint density at radius 2 is 1.85 bits per heavy atom. The van der Waals surface area contributed by atoms with Gasteiger partial charge in [-0.2, -0.15) is 4.98 Å². The molecule has 1 saturated carbocycles. The molecule has 140 valence electrons. The Bertz CT molecular complexity index is 697. The number of aryl methyl sites for hydroxylation is 1. The molecular weight excluding hydrogens is 328 g/mol. The summed E-state index contributed by atoms with van der Waals surface area (Å²) in [6.45, 7) is 2.78. The normalized spacial score (nSPS) is 19.8. The summed E-state index contributed by atoms with van der Waals surface area (Å²) in [6.07, 6.45) is 4.36. The van der Waals surface area contributed by atoms with Gasteiger partial charge >= 0.3 is 0 Å². The first kappa shape index (κ1) is 18.5. The summed E-state index contributed by atoms with van der Waals surface area (Å²) in [6, 6.07) is 10.4. The van der Waals surface area contributed by atoms with Crippen molar-refractivity contribution in [2.45, 2.75) is 51.2 Å². The predicted octanol–water partition coefficient (Wildman–Crippen LogP) is 3.16. The quantitative estimate of drug-likeness (QED) is 0.707. The summed E-state index contributed by atoms with van der Waals surface area (Å²) in [7, 11) is 1.68. The fraction of sp³-hybridized carbons (Fsp3) is 0.500. The van der Waals surface area contributed by atoms with Crippen LogP contribution in [0.2, 0.25) is 0 Å². The Hall–Kier alpha value is -2.34. The molecule has 2 aromatic rings. The van der Waals surface area contributed by atoms with Gasteiger partial charge in [0, 0.05) is 24.3 Å². The fourth-order valence-electron chi connectivity index (χ4n) is 3.25. The van der Waals surface area contributed by atoms with E-state index < -0.39 is 0 Å². The lowest BCUT2D eigenvalue weighted by Crippen LogP contribution is -2.29. The second-order valence-electron chi connectivity index (χ2n) is 6.89. The molecule has 1 aliphatic rings. The van der Waals surface area contributed by atoms with E-state index in [1.165, 1.54) is 5.56 Å². The van der Waals surface area contributed by atoms with E-state index in [1.54, 1.807) is 7.11 Å². The van der Waals surface area contributed by atoms with Gasteiger partial charge in [-0.3, -0.25) is 0 Å². The molecule has 1 heterocycles. The molecule has 0 saturated heterocycles. The van der Waals surface area contributed by atoms with Crippen molar-refractivity contribution in [2.24, 2.45) is 0 Å². The minimum atomic E-state index is -0.151. The molecule has 1 aromatic heterocycles. The number of aliphatic hydroxyl groups excluding tert-OH is 1. The number of methoxy groups -OCH3 is 1. The van der Waals surface area contributed by atoms with E-state index in [0.29, 0.717) is 12.0 Å². The SMILES string of the molecule is COc1ccc(CCNc2cc(C)nc(NC3CCC(O)CC3)n2)cc1. The Morgan fingerprint density at radius 3 is 2.54 bits per heavy atom. The molecule has 1 aliphatic carbocycles. The van der Waals surface area contributed by atoms with Crippen LogP contribution >= 0.6 is 0 Å². The Balaban J connectivity index is 1.53. The van der Waals surface area contributed by atoms with Crippen LogP contribution in [0.3, 0.4) is 0 Å². The average molecular weight is 356 g/mol. The Morgan fingerprint density at radius 1 is 1.12 bits per heavy atom. The summed E-state index contributed by atoms with van der Waals surface area (Å²) in [5, 5.41) is 16.4. The highest BCUT2D eigenvalue weighted by molar-refractivity contribution is 5.43. The highest BCUT2D eigenvalue weighted by Crippen LogP contribution is 2.21. The first-order valence-electron chi connectivity index (χ1n) is 9.29. The van der Waals surface area contributed by atoms with Crippen molar-refractivity contribution >= 4 is 11.8 Å². The number of aliphatic hydroxyl groups is 1. The van der Waals surface area contributed by atoms with Gasteiger partial charge in [-0.1, -0.05) is 12.1 Å². The maximum Gasteiger partial charge on any atom is 0.225 e. The molecule has 1 fully saturated rings. The van der Waals surface area contributed by atoms with Gasteiger partial charge in [-0.15, -0.1) is 0 Å². The number of aromatic nitrogens is 2. The standard InChI is InChI=1S/C20H28N4O2/c1-14-13-19(21-12-11-15-3-9-18(26-2)10-4-15)24-20(22-14)23-16-5-7-17(25)8-6-16/h3-4,9-10,13,16-17,25H,5-8,11-12H2,1-2H3,(H2,21,22,23,24). The van der Waals surface area contributed by atoms with Crippen molar-refractivity contribution in [3.63, 3.8) is 0 Å². The summed E-state index contributed by atoms with van der Waals surface area (Å²) in [4.78, 5) is 9.08. The van der Waals surface area contributed by atoms with Crippen LogP contribution in [-0.2, 0) is 6.42 Å². The molecule has 0 spiro atoms. The van der Waals surface area contributed by atoms with E-state index in [0.717, 1.165) is 55.9 Å². The summed E-state index contributed by atoms with van der Waals surface area (Å²) >= 11 is 0. The first-order valence-corrected chi connectivity index (χ1v) is 9.29. The van der Waals surface area contributed by atoms with E-state index >= 15 is 0 Å². The lowest BCUT2D eigenvalue weighted by molar-refractivity contribution is 0.126. The van der Waals surface area contributed by atoms with Crippen molar-refractivity contribution in [1.82, 2.24) is 9.97 Å². The van der Waals surface area contributed by atoms with E-state index in [1.807, 2.05) is 25.1 Å². The molecular formula is C20H28N4O2. The highest BCUT2D eigenvalue weighted by Gasteiger charge is 2.20. The molecule has 26 heavy (non-hydrogen) atoms. The summed E-state index contributed by atoms with van der Waals surface area (Å²) in [5.41, 5.74) is 2.19. The van der Waals surface area contributed by atoms with Crippen LogP contribution in [0.25, 0.3) is 0 Å². The second kappa shape index (κ2) is 8.85. The van der Waals surface area contributed by atoms with Crippen molar-refractivity contribution < 1.29 is 9.84 Å². The van der Waals surface area contributed by atoms with Crippen LogP contribution in [-0.4, -0.2) is 40.9 Å². The van der Waals surface area contributed by atoms with Crippen molar-refractivity contribution in [2.75, 3.05) is 24.3 Å². The maximum atomic E-state index is 9.63. The van der Waals surface area contributed by atoms with Gasteiger partial charge < -0.3 is 20.5 Å². The van der Waals surface area contributed by atoms with E-state index in [2.05, 4.69) is 32.7 Å². The highest BCUT2D eigenvalue weighted by atomic mass is 16.5. The molecule has 6 nitrogen and oxygen atoms in total. The van der Waals surface area contributed by atoms with Gasteiger partial charge in [0.25, 0.3) is 0 Å². The number of nitrogens with one attached hydrogen (secondary N) is 2. The van der Waals surface area contributed by atoms with Crippen LogP contribution in [0, 0.1) is 6.92 Å². The molecule has 0 aliphatic heterocycles. The number of benzene rings is 1.